The van der Waals surface area contributed by atoms with Crippen LogP contribution in [0.1, 0.15) is 28.8 Å². The highest BCUT2D eigenvalue weighted by Crippen LogP contribution is 2.11. The van der Waals surface area contributed by atoms with Crippen LogP contribution in [0.3, 0.4) is 0 Å². The van der Waals surface area contributed by atoms with E-state index in [2.05, 4.69) is 9.97 Å². The predicted molar refractivity (Wildman–Crippen MR) is 68.2 cm³/mol. The molecule has 0 fully saturated rings. The lowest BCUT2D eigenvalue weighted by Gasteiger charge is -2.00. The number of hydrogen-bond acceptors (Lipinski definition) is 4. The van der Waals surface area contributed by atoms with Crippen LogP contribution in [0.5, 0.6) is 0 Å². The molecule has 5 nitrogen and oxygen atoms in total. The van der Waals surface area contributed by atoms with Crippen LogP contribution in [-0.4, -0.2) is 22.5 Å². The van der Waals surface area contributed by atoms with Crippen molar-refractivity contribution in [1.82, 2.24) is 9.97 Å². The van der Waals surface area contributed by atoms with E-state index in [1.165, 1.54) is 6.20 Å². The third-order valence-corrected chi connectivity index (χ3v) is 2.45. The van der Waals surface area contributed by atoms with Crippen molar-refractivity contribution in [2.45, 2.75) is 13.3 Å². The molecule has 5 heteroatoms. The van der Waals surface area contributed by atoms with Gasteiger partial charge in [0, 0.05) is 12.1 Å². The normalized spacial score (nSPS) is 10.3. The first-order chi connectivity index (χ1) is 8.69. The molecule has 1 heterocycles. The average molecular weight is 245 g/mol. The summed E-state index contributed by atoms with van der Waals surface area (Å²) in [6.45, 7) is 2.12. The molecule has 0 aliphatic carbocycles. The summed E-state index contributed by atoms with van der Waals surface area (Å²) in [5.41, 5.74) is 7.83. The summed E-state index contributed by atoms with van der Waals surface area (Å²) >= 11 is 0. The summed E-state index contributed by atoms with van der Waals surface area (Å²) in [5.74, 6) is 0.326. The van der Waals surface area contributed by atoms with E-state index in [4.69, 9.17) is 10.5 Å². The molecule has 2 rings (SSSR count). The Labute approximate surface area is 105 Å². The van der Waals surface area contributed by atoms with Crippen molar-refractivity contribution >= 4 is 11.7 Å². The molecular weight excluding hydrogens is 230 g/mol. The number of nitrogens with one attached hydrogen (secondary N) is 1. The maximum absolute atomic E-state index is 11.5. The zero-order chi connectivity index (χ0) is 13.0. The fraction of sp³-hybridized carbons (Fsp3) is 0.231. The first kappa shape index (κ1) is 12.2. The van der Waals surface area contributed by atoms with Crippen molar-refractivity contribution in [1.29, 1.82) is 0 Å². The molecule has 1 aromatic carbocycles. The molecule has 0 amide bonds. The fourth-order valence-electron chi connectivity index (χ4n) is 1.66. The van der Waals surface area contributed by atoms with Crippen LogP contribution < -0.4 is 5.73 Å². The number of carbonyl (C=O) groups excluding carboxylic acids is 1. The number of nitrogen functional groups attached to an aromatic ring is 1. The summed E-state index contributed by atoms with van der Waals surface area (Å²) in [4.78, 5) is 18.5. The lowest BCUT2D eigenvalue weighted by molar-refractivity contribution is 0.0520. The lowest BCUT2D eigenvalue weighted by Crippen LogP contribution is -2.05. The number of hydrogen-bond donors (Lipinski definition) is 2. The molecule has 0 saturated heterocycles. The van der Waals surface area contributed by atoms with Gasteiger partial charge in [-0.3, -0.25) is 0 Å². The highest BCUT2D eigenvalue weighted by atomic mass is 16.5. The monoisotopic (exact) mass is 245 g/mol. The molecule has 18 heavy (non-hydrogen) atoms. The minimum absolute atomic E-state index is 0.350. The second-order valence-corrected chi connectivity index (χ2v) is 3.89. The van der Waals surface area contributed by atoms with E-state index in [1.54, 1.807) is 6.92 Å². The van der Waals surface area contributed by atoms with Gasteiger partial charge in [0.25, 0.3) is 0 Å². The molecule has 0 aliphatic heterocycles. The Morgan fingerprint density at radius 1 is 1.50 bits per heavy atom. The van der Waals surface area contributed by atoms with Crippen molar-refractivity contribution in [2.75, 3.05) is 12.3 Å². The Hall–Kier alpha value is -2.30. The molecule has 0 saturated carbocycles. The number of ether oxygens (including phenoxy) is 1. The molecule has 2 aromatic rings. The number of nitrogens with zero attached hydrogens (tertiary/aromatic N) is 1. The maximum Gasteiger partial charge on any atom is 0.356 e. The van der Waals surface area contributed by atoms with Gasteiger partial charge in [-0.1, -0.05) is 12.1 Å². The first-order valence-electron chi connectivity index (χ1n) is 5.74. The molecule has 0 spiro atoms. The smallest absolute Gasteiger partial charge is 0.356 e. The fourth-order valence-corrected chi connectivity index (χ4v) is 1.66. The SMILES string of the molecule is CCOC(=O)c1cnc(Cc2cccc(N)c2)[nH]1. The Bertz CT molecular complexity index is 549. The molecule has 3 N–H and O–H groups in total. The van der Waals surface area contributed by atoms with Crippen LogP contribution >= 0.6 is 0 Å². The number of aromatic nitrogens is 2. The van der Waals surface area contributed by atoms with Crippen molar-refractivity contribution in [3.05, 3.63) is 47.5 Å². The summed E-state index contributed by atoms with van der Waals surface area (Å²) in [6.07, 6.45) is 2.09. The predicted octanol–water partition coefficient (Wildman–Crippen LogP) is 1.76. The van der Waals surface area contributed by atoms with Gasteiger partial charge in [-0.2, -0.15) is 0 Å². The molecule has 0 aliphatic rings. The van der Waals surface area contributed by atoms with Gasteiger partial charge >= 0.3 is 5.97 Å². The summed E-state index contributed by atoms with van der Waals surface area (Å²) in [7, 11) is 0. The Morgan fingerprint density at radius 3 is 3.06 bits per heavy atom. The summed E-state index contributed by atoms with van der Waals surface area (Å²) in [5, 5.41) is 0. The molecule has 94 valence electrons. The first-order valence-corrected chi connectivity index (χ1v) is 5.74. The quantitative estimate of drug-likeness (QED) is 0.635. The van der Waals surface area contributed by atoms with Gasteiger partial charge < -0.3 is 15.5 Å². The zero-order valence-electron chi connectivity index (χ0n) is 10.1. The molecule has 0 atom stereocenters. The lowest BCUT2D eigenvalue weighted by atomic mass is 10.1. The number of carbonyl (C=O) groups is 1. The van der Waals surface area contributed by atoms with Crippen molar-refractivity contribution < 1.29 is 9.53 Å². The second kappa shape index (κ2) is 5.35. The number of nitrogens with two attached hydrogens (primary N) is 1. The minimum Gasteiger partial charge on any atom is -0.461 e. The van der Waals surface area contributed by atoms with Gasteiger partial charge in [0.1, 0.15) is 11.5 Å². The van der Waals surface area contributed by atoms with Crippen LogP contribution in [0.25, 0.3) is 0 Å². The van der Waals surface area contributed by atoms with E-state index in [0.717, 1.165) is 5.56 Å². The Morgan fingerprint density at radius 2 is 2.33 bits per heavy atom. The number of imidazole rings is 1. The van der Waals surface area contributed by atoms with E-state index in [1.807, 2.05) is 24.3 Å². The van der Waals surface area contributed by atoms with Gasteiger partial charge in [-0.15, -0.1) is 0 Å². The highest BCUT2D eigenvalue weighted by molar-refractivity contribution is 5.86. The van der Waals surface area contributed by atoms with E-state index in [0.29, 0.717) is 30.2 Å². The number of H-pyrrole nitrogens is 1. The summed E-state index contributed by atoms with van der Waals surface area (Å²) in [6, 6.07) is 7.56. The number of rotatable bonds is 4. The topological polar surface area (TPSA) is 81.0 Å². The standard InChI is InChI=1S/C13H15N3O2/c1-2-18-13(17)11-8-15-12(16-11)7-9-4-3-5-10(14)6-9/h3-6,8H,2,7,14H2,1H3,(H,15,16). The molecule has 0 bridgehead atoms. The van der Waals surface area contributed by atoms with Gasteiger partial charge in [-0.25, -0.2) is 9.78 Å². The van der Waals surface area contributed by atoms with E-state index < -0.39 is 0 Å². The van der Waals surface area contributed by atoms with Crippen LogP contribution in [0.15, 0.2) is 30.5 Å². The number of anilines is 1. The molecular formula is C13H15N3O2. The van der Waals surface area contributed by atoms with Crippen LogP contribution in [-0.2, 0) is 11.2 Å². The molecule has 0 radical (unpaired) electrons. The number of esters is 1. The maximum atomic E-state index is 11.5. The van der Waals surface area contributed by atoms with E-state index in [9.17, 15) is 4.79 Å². The van der Waals surface area contributed by atoms with E-state index in [-0.39, 0.29) is 5.97 Å². The van der Waals surface area contributed by atoms with Gasteiger partial charge in [-0.05, 0) is 24.6 Å². The number of benzene rings is 1. The van der Waals surface area contributed by atoms with Crippen molar-refractivity contribution in [3.8, 4) is 0 Å². The third-order valence-electron chi connectivity index (χ3n) is 2.45. The van der Waals surface area contributed by atoms with Crippen molar-refractivity contribution in [3.63, 3.8) is 0 Å². The van der Waals surface area contributed by atoms with Gasteiger partial charge in [0.2, 0.25) is 0 Å². The summed E-state index contributed by atoms with van der Waals surface area (Å²) < 4.78 is 4.88. The Balaban J connectivity index is 2.09. The largest absolute Gasteiger partial charge is 0.461 e. The minimum atomic E-state index is -0.385. The van der Waals surface area contributed by atoms with Crippen LogP contribution in [0.2, 0.25) is 0 Å². The van der Waals surface area contributed by atoms with E-state index >= 15 is 0 Å². The molecule has 0 unspecified atom stereocenters. The second-order valence-electron chi connectivity index (χ2n) is 3.89. The van der Waals surface area contributed by atoms with Crippen molar-refractivity contribution in [2.24, 2.45) is 0 Å². The highest BCUT2D eigenvalue weighted by Gasteiger charge is 2.10. The average Bonchev–Trinajstić information content (AvgIpc) is 2.78. The van der Waals surface area contributed by atoms with Gasteiger partial charge in [0.05, 0.1) is 12.8 Å². The number of aromatic amines is 1. The van der Waals surface area contributed by atoms with Crippen LogP contribution in [0.4, 0.5) is 5.69 Å². The zero-order valence-corrected chi connectivity index (χ0v) is 10.1. The molecule has 1 aromatic heterocycles. The van der Waals surface area contributed by atoms with Crippen LogP contribution in [0, 0.1) is 0 Å². The van der Waals surface area contributed by atoms with Gasteiger partial charge in [0.15, 0.2) is 0 Å². The third kappa shape index (κ3) is 2.88. The Kier molecular flexibility index (Phi) is 3.62.